The fourth-order valence-corrected chi connectivity index (χ4v) is 3.02. The topological polar surface area (TPSA) is 86.7 Å². The molecule has 0 radical (unpaired) electrons. The molecule has 2 N–H and O–H groups in total. The van der Waals surface area contributed by atoms with E-state index < -0.39 is 17.9 Å². The lowest BCUT2D eigenvalue weighted by molar-refractivity contribution is -0.142. The minimum atomic E-state index is -0.858. The van der Waals surface area contributed by atoms with Crippen molar-refractivity contribution >= 4 is 17.8 Å². The summed E-state index contributed by atoms with van der Waals surface area (Å²) in [6.45, 7) is 2.38. The number of amides is 2. The molecular formula is C14H22N2O4. The lowest BCUT2D eigenvalue weighted by Crippen LogP contribution is -2.47. The Morgan fingerprint density at radius 1 is 1.15 bits per heavy atom. The van der Waals surface area contributed by atoms with Gasteiger partial charge in [0.2, 0.25) is 11.8 Å². The lowest BCUT2D eigenvalue weighted by atomic mass is 10.1. The Labute approximate surface area is 118 Å². The number of nitrogens with zero attached hydrogens (tertiary/aromatic N) is 1. The van der Waals surface area contributed by atoms with E-state index in [4.69, 9.17) is 5.11 Å². The number of nitrogens with one attached hydrogen (secondary N) is 1. The van der Waals surface area contributed by atoms with Gasteiger partial charge in [0, 0.05) is 19.0 Å². The third-order valence-corrected chi connectivity index (χ3v) is 4.30. The molecule has 0 bridgehead atoms. The first kappa shape index (κ1) is 14.8. The zero-order valence-corrected chi connectivity index (χ0v) is 11.8. The Bertz CT molecular complexity index is 404. The normalized spacial score (nSPS) is 24.6. The zero-order valence-electron chi connectivity index (χ0n) is 11.8. The average Bonchev–Trinajstić information content (AvgIpc) is 3.08. The summed E-state index contributed by atoms with van der Waals surface area (Å²) in [7, 11) is 0. The maximum atomic E-state index is 12.2. The van der Waals surface area contributed by atoms with Crippen LogP contribution in [-0.2, 0) is 14.4 Å². The van der Waals surface area contributed by atoms with Crippen LogP contribution in [0.2, 0.25) is 0 Å². The van der Waals surface area contributed by atoms with Crippen LogP contribution in [0.5, 0.6) is 0 Å². The monoisotopic (exact) mass is 282 g/mol. The molecule has 0 aromatic rings. The van der Waals surface area contributed by atoms with Crippen molar-refractivity contribution in [3.05, 3.63) is 0 Å². The summed E-state index contributed by atoms with van der Waals surface area (Å²) in [5, 5.41) is 11.7. The minimum absolute atomic E-state index is 0.0376. The van der Waals surface area contributed by atoms with Crippen molar-refractivity contribution in [1.29, 1.82) is 0 Å². The second-order valence-electron chi connectivity index (χ2n) is 5.82. The van der Waals surface area contributed by atoms with Crippen LogP contribution >= 0.6 is 0 Å². The highest BCUT2D eigenvalue weighted by Gasteiger charge is 2.34. The number of carbonyl (C=O) groups excluding carboxylic acids is 2. The van der Waals surface area contributed by atoms with Crippen molar-refractivity contribution < 1.29 is 19.5 Å². The maximum Gasteiger partial charge on any atom is 0.308 e. The molecule has 0 aromatic carbocycles. The molecule has 2 aliphatic rings. The van der Waals surface area contributed by atoms with Crippen LogP contribution in [0.15, 0.2) is 0 Å². The number of aliphatic carboxylic acids is 1. The van der Waals surface area contributed by atoms with Crippen molar-refractivity contribution in [2.24, 2.45) is 11.8 Å². The molecule has 2 unspecified atom stereocenters. The third-order valence-electron chi connectivity index (χ3n) is 4.30. The number of hydrogen-bond acceptors (Lipinski definition) is 3. The summed E-state index contributed by atoms with van der Waals surface area (Å²) in [4.78, 5) is 36.6. The Kier molecular flexibility index (Phi) is 4.62. The van der Waals surface area contributed by atoms with E-state index in [1.54, 1.807) is 11.8 Å². The summed E-state index contributed by atoms with van der Waals surface area (Å²) >= 11 is 0. The maximum absolute atomic E-state index is 12.2. The minimum Gasteiger partial charge on any atom is -0.481 e. The summed E-state index contributed by atoms with van der Waals surface area (Å²) in [5.41, 5.74) is 0. The van der Waals surface area contributed by atoms with E-state index in [1.807, 2.05) is 0 Å². The van der Waals surface area contributed by atoms with Crippen molar-refractivity contribution in [3.63, 3.8) is 0 Å². The van der Waals surface area contributed by atoms with Gasteiger partial charge in [-0.2, -0.15) is 0 Å². The highest BCUT2D eigenvalue weighted by atomic mass is 16.4. The van der Waals surface area contributed by atoms with E-state index in [2.05, 4.69) is 5.32 Å². The van der Waals surface area contributed by atoms with Gasteiger partial charge in [-0.25, -0.2) is 0 Å². The average molecular weight is 282 g/mol. The van der Waals surface area contributed by atoms with Crippen LogP contribution in [0.1, 0.15) is 39.0 Å². The Morgan fingerprint density at radius 3 is 2.35 bits per heavy atom. The summed E-state index contributed by atoms with van der Waals surface area (Å²) in [6, 6.07) is -0.573. The molecule has 1 saturated heterocycles. The molecule has 1 heterocycles. The predicted octanol–water partition coefficient (Wildman–Crippen LogP) is 0.614. The van der Waals surface area contributed by atoms with Gasteiger partial charge in [0.05, 0.1) is 5.92 Å². The number of likely N-dealkylation sites (tertiary alicyclic amines) is 1. The lowest BCUT2D eigenvalue weighted by Gasteiger charge is -2.22. The zero-order chi connectivity index (χ0) is 14.7. The summed E-state index contributed by atoms with van der Waals surface area (Å²) in [6.07, 6.45) is 4.44. The van der Waals surface area contributed by atoms with E-state index in [9.17, 15) is 14.4 Å². The molecule has 1 aliphatic heterocycles. The molecule has 2 atom stereocenters. The van der Waals surface area contributed by atoms with Crippen LogP contribution < -0.4 is 5.32 Å². The van der Waals surface area contributed by atoms with E-state index in [1.165, 1.54) is 0 Å². The van der Waals surface area contributed by atoms with Gasteiger partial charge in [-0.15, -0.1) is 0 Å². The predicted molar refractivity (Wildman–Crippen MR) is 71.9 cm³/mol. The van der Waals surface area contributed by atoms with E-state index in [0.29, 0.717) is 13.0 Å². The first-order chi connectivity index (χ1) is 9.49. The van der Waals surface area contributed by atoms with Gasteiger partial charge >= 0.3 is 5.97 Å². The third kappa shape index (κ3) is 3.29. The van der Waals surface area contributed by atoms with E-state index in [0.717, 1.165) is 25.7 Å². The molecular weight excluding hydrogens is 260 g/mol. The Morgan fingerprint density at radius 2 is 1.80 bits per heavy atom. The van der Waals surface area contributed by atoms with Crippen molar-refractivity contribution in [3.8, 4) is 0 Å². The number of hydrogen-bond donors (Lipinski definition) is 2. The quantitative estimate of drug-likeness (QED) is 0.791. The largest absolute Gasteiger partial charge is 0.481 e. The molecule has 1 saturated carbocycles. The molecule has 2 rings (SSSR count). The van der Waals surface area contributed by atoms with Gasteiger partial charge in [-0.3, -0.25) is 14.4 Å². The van der Waals surface area contributed by atoms with Gasteiger partial charge in [0.15, 0.2) is 0 Å². The van der Waals surface area contributed by atoms with Crippen LogP contribution in [0, 0.1) is 11.8 Å². The Balaban J connectivity index is 1.83. The molecule has 6 heteroatoms. The number of carboxylic acid groups (broad SMARTS) is 1. The van der Waals surface area contributed by atoms with Crippen molar-refractivity contribution in [1.82, 2.24) is 10.2 Å². The van der Waals surface area contributed by atoms with Crippen LogP contribution in [-0.4, -0.2) is 46.9 Å². The molecule has 20 heavy (non-hydrogen) atoms. The summed E-state index contributed by atoms with van der Waals surface area (Å²) < 4.78 is 0. The fraction of sp³-hybridized carbons (Fsp3) is 0.786. The molecule has 112 valence electrons. The van der Waals surface area contributed by atoms with Crippen LogP contribution in [0.3, 0.4) is 0 Å². The van der Waals surface area contributed by atoms with Crippen molar-refractivity contribution in [2.45, 2.75) is 45.1 Å². The second-order valence-corrected chi connectivity index (χ2v) is 5.82. The van der Waals surface area contributed by atoms with Crippen LogP contribution in [0.25, 0.3) is 0 Å². The number of rotatable bonds is 4. The number of carboxylic acids is 1. The van der Waals surface area contributed by atoms with Gasteiger partial charge in [-0.05, 0) is 26.2 Å². The smallest absolute Gasteiger partial charge is 0.308 e. The van der Waals surface area contributed by atoms with Crippen LogP contribution in [0.4, 0.5) is 0 Å². The first-order valence-corrected chi connectivity index (χ1v) is 7.31. The van der Waals surface area contributed by atoms with Gasteiger partial charge < -0.3 is 15.3 Å². The van der Waals surface area contributed by atoms with E-state index >= 15 is 0 Å². The standard InChI is InChI=1S/C14H22N2O4/c1-9(15-12(17)10-4-2-3-5-10)13(18)16-7-6-11(8-16)14(19)20/h9-11H,2-8H2,1H3,(H,15,17)(H,19,20). The Hall–Kier alpha value is -1.59. The van der Waals surface area contributed by atoms with Gasteiger partial charge in [0.1, 0.15) is 6.04 Å². The highest BCUT2D eigenvalue weighted by Crippen LogP contribution is 2.25. The molecule has 2 amide bonds. The van der Waals surface area contributed by atoms with Gasteiger partial charge in [0.25, 0.3) is 0 Å². The SMILES string of the molecule is CC(NC(=O)C1CCCC1)C(=O)N1CCC(C(=O)O)C1. The fourth-order valence-electron chi connectivity index (χ4n) is 3.02. The second kappa shape index (κ2) is 6.24. The summed E-state index contributed by atoms with van der Waals surface area (Å²) in [5.74, 6) is -1.52. The molecule has 0 spiro atoms. The number of carbonyl (C=O) groups is 3. The molecule has 2 fully saturated rings. The molecule has 6 nitrogen and oxygen atoms in total. The van der Waals surface area contributed by atoms with Gasteiger partial charge in [-0.1, -0.05) is 12.8 Å². The molecule has 1 aliphatic carbocycles. The molecule has 0 aromatic heterocycles. The van der Waals surface area contributed by atoms with Crippen molar-refractivity contribution in [2.75, 3.05) is 13.1 Å². The first-order valence-electron chi connectivity index (χ1n) is 7.31. The highest BCUT2D eigenvalue weighted by molar-refractivity contribution is 5.88. The van der Waals surface area contributed by atoms with E-state index in [-0.39, 0.29) is 24.3 Å².